The number of carbonyl (C=O) groups excluding carboxylic acids is 1. The van der Waals surface area contributed by atoms with Gasteiger partial charge in [0.1, 0.15) is 0 Å². The average molecular weight is 288 g/mol. The Balaban J connectivity index is 1.68. The van der Waals surface area contributed by atoms with E-state index in [1.165, 1.54) is 24.8 Å². The molecule has 0 aromatic heterocycles. The second-order valence-corrected chi connectivity index (χ2v) is 8.50. The molecule has 4 aliphatic rings. The van der Waals surface area contributed by atoms with Gasteiger partial charge in [0.25, 0.3) is 0 Å². The van der Waals surface area contributed by atoms with Crippen molar-refractivity contribution in [1.29, 1.82) is 0 Å². The Morgan fingerprint density at radius 2 is 2.05 bits per heavy atom. The molecule has 0 aromatic carbocycles. The molecule has 0 bridgehead atoms. The number of carbonyl (C=O) groups is 1. The molecule has 3 fully saturated rings. The van der Waals surface area contributed by atoms with Crippen molar-refractivity contribution in [2.45, 2.75) is 64.9 Å². The topological polar surface area (TPSA) is 37.3 Å². The van der Waals surface area contributed by atoms with E-state index in [0.717, 1.165) is 37.5 Å². The first-order valence-corrected chi connectivity index (χ1v) is 8.92. The van der Waals surface area contributed by atoms with Crippen LogP contribution in [0.3, 0.4) is 0 Å². The van der Waals surface area contributed by atoms with Crippen LogP contribution in [0.25, 0.3) is 0 Å². The van der Waals surface area contributed by atoms with E-state index in [0.29, 0.717) is 23.5 Å². The molecule has 0 aromatic rings. The van der Waals surface area contributed by atoms with Crippen molar-refractivity contribution in [2.75, 3.05) is 0 Å². The van der Waals surface area contributed by atoms with Crippen molar-refractivity contribution in [3.05, 3.63) is 11.6 Å². The van der Waals surface area contributed by atoms with Crippen molar-refractivity contribution in [3.8, 4) is 0 Å². The molecule has 0 heterocycles. The Labute approximate surface area is 128 Å². The highest BCUT2D eigenvalue weighted by Gasteiger charge is 2.57. The predicted molar refractivity (Wildman–Crippen MR) is 82.6 cm³/mol. The standard InChI is InChI=1S/C19H28O2/c1-11-9-12-10-13(20)3-4-14(12)15-7-8-19(2)16(18(11)15)5-6-17(19)21/h10-11,14-18,21H,3-9H2,1-2H3/t11-,14?,15?,16?,17?,18?,19?/m1/s1. The number of hydrogen-bond donors (Lipinski definition) is 1. The zero-order valence-corrected chi connectivity index (χ0v) is 13.3. The van der Waals surface area contributed by atoms with Gasteiger partial charge >= 0.3 is 0 Å². The zero-order valence-electron chi connectivity index (χ0n) is 13.3. The lowest BCUT2D eigenvalue weighted by molar-refractivity contribution is -0.116. The third-order valence-corrected chi connectivity index (χ3v) is 7.59. The summed E-state index contributed by atoms with van der Waals surface area (Å²) in [5, 5.41) is 10.5. The monoisotopic (exact) mass is 288 g/mol. The van der Waals surface area contributed by atoms with Gasteiger partial charge in [-0.25, -0.2) is 0 Å². The first-order chi connectivity index (χ1) is 10.0. The minimum absolute atomic E-state index is 0.0828. The minimum atomic E-state index is -0.0828. The van der Waals surface area contributed by atoms with Crippen LogP contribution < -0.4 is 0 Å². The zero-order chi connectivity index (χ0) is 14.8. The fourth-order valence-electron chi connectivity index (χ4n) is 6.56. The Kier molecular flexibility index (Phi) is 3.12. The molecule has 116 valence electrons. The molecule has 3 saturated carbocycles. The molecule has 7 atom stereocenters. The third kappa shape index (κ3) is 1.91. The van der Waals surface area contributed by atoms with Gasteiger partial charge < -0.3 is 5.11 Å². The minimum Gasteiger partial charge on any atom is -0.393 e. The molecule has 6 unspecified atom stereocenters. The molecule has 4 rings (SSSR count). The van der Waals surface area contributed by atoms with Crippen molar-refractivity contribution >= 4 is 5.78 Å². The molecule has 0 saturated heterocycles. The third-order valence-electron chi connectivity index (χ3n) is 7.59. The molecule has 4 aliphatic carbocycles. The summed E-state index contributed by atoms with van der Waals surface area (Å²) < 4.78 is 0. The number of allylic oxidation sites excluding steroid dienone is 1. The van der Waals surface area contributed by atoms with Crippen molar-refractivity contribution in [2.24, 2.45) is 35.0 Å². The number of aliphatic hydroxyl groups excluding tert-OH is 1. The maximum atomic E-state index is 11.8. The van der Waals surface area contributed by atoms with Crippen LogP contribution in [-0.2, 0) is 4.79 Å². The summed E-state index contributed by atoms with van der Waals surface area (Å²) in [4.78, 5) is 11.8. The summed E-state index contributed by atoms with van der Waals surface area (Å²) in [5.74, 6) is 3.96. The van der Waals surface area contributed by atoms with Crippen molar-refractivity contribution in [1.82, 2.24) is 0 Å². The van der Waals surface area contributed by atoms with E-state index in [2.05, 4.69) is 13.8 Å². The van der Waals surface area contributed by atoms with Crippen LogP contribution in [0.4, 0.5) is 0 Å². The lowest BCUT2D eigenvalue weighted by Crippen LogP contribution is -2.50. The summed E-state index contributed by atoms with van der Waals surface area (Å²) in [6.45, 7) is 4.73. The van der Waals surface area contributed by atoms with Crippen molar-refractivity contribution < 1.29 is 9.90 Å². The summed E-state index contributed by atoms with van der Waals surface area (Å²) in [6, 6.07) is 0. The second-order valence-electron chi connectivity index (χ2n) is 8.50. The maximum Gasteiger partial charge on any atom is 0.155 e. The highest BCUT2D eigenvalue weighted by atomic mass is 16.3. The highest BCUT2D eigenvalue weighted by molar-refractivity contribution is 5.91. The Bertz CT molecular complexity index is 494. The van der Waals surface area contributed by atoms with Crippen LogP contribution in [0, 0.1) is 35.0 Å². The fourth-order valence-corrected chi connectivity index (χ4v) is 6.56. The maximum absolute atomic E-state index is 11.8. The Hall–Kier alpha value is -0.630. The molecule has 2 heteroatoms. The van der Waals surface area contributed by atoms with Gasteiger partial charge in [-0.1, -0.05) is 19.4 Å². The van der Waals surface area contributed by atoms with Crippen molar-refractivity contribution in [3.63, 3.8) is 0 Å². The lowest BCUT2D eigenvalue weighted by atomic mass is 9.49. The van der Waals surface area contributed by atoms with E-state index in [-0.39, 0.29) is 11.5 Å². The summed E-state index contributed by atoms with van der Waals surface area (Å²) in [7, 11) is 0. The van der Waals surface area contributed by atoms with Gasteiger partial charge in [0.2, 0.25) is 0 Å². The van der Waals surface area contributed by atoms with E-state index in [1.54, 1.807) is 0 Å². The van der Waals surface area contributed by atoms with Gasteiger partial charge in [-0.2, -0.15) is 0 Å². The van der Waals surface area contributed by atoms with E-state index < -0.39 is 0 Å². The van der Waals surface area contributed by atoms with Gasteiger partial charge in [0, 0.05) is 6.42 Å². The van der Waals surface area contributed by atoms with E-state index in [1.807, 2.05) is 6.08 Å². The second kappa shape index (κ2) is 4.68. The van der Waals surface area contributed by atoms with Crippen LogP contribution in [0.5, 0.6) is 0 Å². The van der Waals surface area contributed by atoms with Crippen LogP contribution >= 0.6 is 0 Å². The number of ketones is 1. The largest absolute Gasteiger partial charge is 0.393 e. The molecule has 0 amide bonds. The molecule has 0 aliphatic heterocycles. The normalized spacial score (nSPS) is 52.7. The highest BCUT2D eigenvalue weighted by Crippen LogP contribution is 2.62. The fraction of sp³-hybridized carbons (Fsp3) is 0.842. The molecule has 21 heavy (non-hydrogen) atoms. The number of rotatable bonds is 0. The Morgan fingerprint density at radius 3 is 2.86 bits per heavy atom. The van der Waals surface area contributed by atoms with Gasteiger partial charge in [0.15, 0.2) is 5.78 Å². The van der Waals surface area contributed by atoms with Crippen LogP contribution in [0.2, 0.25) is 0 Å². The van der Waals surface area contributed by atoms with E-state index in [9.17, 15) is 9.90 Å². The molecule has 0 radical (unpaired) electrons. The summed E-state index contributed by atoms with van der Waals surface area (Å²) in [6.07, 6.45) is 9.54. The van der Waals surface area contributed by atoms with Crippen LogP contribution in [0.15, 0.2) is 11.6 Å². The predicted octanol–water partition coefficient (Wildman–Crippen LogP) is 3.74. The van der Waals surface area contributed by atoms with Gasteiger partial charge in [-0.3, -0.25) is 4.79 Å². The van der Waals surface area contributed by atoms with Gasteiger partial charge in [-0.05, 0) is 79.6 Å². The van der Waals surface area contributed by atoms with Crippen LogP contribution in [-0.4, -0.2) is 17.0 Å². The molecule has 0 spiro atoms. The smallest absolute Gasteiger partial charge is 0.155 e. The summed E-state index contributed by atoms with van der Waals surface area (Å²) >= 11 is 0. The first-order valence-electron chi connectivity index (χ1n) is 8.92. The average Bonchev–Trinajstić information content (AvgIpc) is 2.74. The SMILES string of the molecule is C[C@@H]1CC2=CC(=O)CCC2C2CCC3(C)C(O)CCC3C21. The molecular weight excluding hydrogens is 260 g/mol. The number of aliphatic hydroxyl groups is 1. The van der Waals surface area contributed by atoms with E-state index in [4.69, 9.17) is 0 Å². The quantitative estimate of drug-likeness (QED) is 0.737. The van der Waals surface area contributed by atoms with Crippen LogP contribution in [0.1, 0.15) is 58.8 Å². The summed E-state index contributed by atoms with van der Waals surface area (Å²) in [5.41, 5.74) is 1.63. The van der Waals surface area contributed by atoms with E-state index >= 15 is 0 Å². The number of hydrogen-bond acceptors (Lipinski definition) is 2. The lowest BCUT2D eigenvalue weighted by Gasteiger charge is -2.55. The van der Waals surface area contributed by atoms with Gasteiger partial charge in [-0.15, -0.1) is 0 Å². The Morgan fingerprint density at radius 1 is 1.24 bits per heavy atom. The van der Waals surface area contributed by atoms with Gasteiger partial charge in [0.05, 0.1) is 6.10 Å². The first kappa shape index (κ1) is 14.0. The molecular formula is C19H28O2. The molecule has 2 nitrogen and oxygen atoms in total. The number of fused-ring (bicyclic) bond motifs is 5. The molecule has 1 N–H and O–H groups in total.